The van der Waals surface area contributed by atoms with Gasteiger partial charge in [0.15, 0.2) is 0 Å². The molecule has 1 amide bonds. The fourth-order valence-corrected chi connectivity index (χ4v) is 6.16. The minimum atomic E-state index is -3.80. The van der Waals surface area contributed by atoms with Gasteiger partial charge in [0.05, 0.1) is 10.6 Å². The molecular weight excluding hydrogens is 384 g/mol. The van der Waals surface area contributed by atoms with Crippen molar-refractivity contribution in [3.63, 3.8) is 0 Å². The van der Waals surface area contributed by atoms with E-state index < -0.39 is 10.0 Å². The molecule has 0 aliphatic heterocycles. The molecule has 2 aliphatic carbocycles. The number of hydrogen-bond donors (Lipinski definition) is 2. The van der Waals surface area contributed by atoms with Crippen LogP contribution in [0, 0.1) is 32.6 Å². The van der Waals surface area contributed by atoms with E-state index in [1.54, 1.807) is 25.1 Å². The Morgan fingerprint density at radius 1 is 1.00 bits per heavy atom. The standard InChI is InChI=1S/C23H28N2O3S/c1-14-5-4-6-20(16(14)3)25-29(27,28)22-13-19(9-7-15(22)2)23(26)24-21-12-17-8-10-18(21)11-17/h4-7,9,13,17-18,21,25H,8,10-12H2,1-3H3,(H,24,26)/t17-,18-,21-/m0/s1. The van der Waals surface area contributed by atoms with Gasteiger partial charge in [-0.1, -0.05) is 24.6 Å². The van der Waals surface area contributed by atoms with E-state index in [1.807, 2.05) is 26.0 Å². The van der Waals surface area contributed by atoms with E-state index in [0.29, 0.717) is 22.7 Å². The van der Waals surface area contributed by atoms with Crippen molar-refractivity contribution in [3.05, 3.63) is 58.7 Å². The van der Waals surface area contributed by atoms with Gasteiger partial charge in [-0.25, -0.2) is 8.42 Å². The zero-order valence-corrected chi connectivity index (χ0v) is 18.0. The van der Waals surface area contributed by atoms with Crippen LogP contribution in [0.1, 0.15) is 52.7 Å². The third-order valence-electron chi connectivity index (χ3n) is 6.64. The normalized spacial score (nSPS) is 23.2. The van der Waals surface area contributed by atoms with E-state index in [4.69, 9.17) is 0 Å². The maximum atomic E-state index is 13.1. The highest BCUT2D eigenvalue weighted by molar-refractivity contribution is 7.92. The first-order valence-corrected chi connectivity index (χ1v) is 11.7. The smallest absolute Gasteiger partial charge is 0.262 e. The molecule has 0 heterocycles. The van der Waals surface area contributed by atoms with Crippen molar-refractivity contribution in [2.45, 2.75) is 57.4 Å². The molecule has 2 fully saturated rings. The van der Waals surface area contributed by atoms with Crippen LogP contribution in [0.25, 0.3) is 0 Å². The molecule has 0 spiro atoms. The molecule has 4 rings (SSSR count). The van der Waals surface area contributed by atoms with Crippen LogP contribution in [-0.2, 0) is 10.0 Å². The van der Waals surface area contributed by atoms with Gasteiger partial charge in [-0.15, -0.1) is 0 Å². The van der Waals surface area contributed by atoms with E-state index in [9.17, 15) is 13.2 Å². The van der Waals surface area contributed by atoms with Crippen LogP contribution in [0.2, 0.25) is 0 Å². The Bertz CT molecular complexity index is 1060. The van der Waals surface area contributed by atoms with Crippen molar-refractivity contribution in [2.75, 3.05) is 4.72 Å². The number of anilines is 1. The zero-order valence-electron chi connectivity index (χ0n) is 17.2. The molecule has 2 N–H and O–H groups in total. The van der Waals surface area contributed by atoms with Crippen LogP contribution in [0.4, 0.5) is 5.69 Å². The summed E-state index contributed by atoms with van der Waals surface area (Å²) in [5.74, 6) is 1.12. The first kappa shape index (κ1) is 20.0. The minimum Gasteiger partial charge on any atom is -0.349 e. The van der Waals surface area contributed by atoms with Crippen molar-refractivity contribution in [2.24, 2.45) is 11.8 Å². The van der Waals surface area contributed by atoms with E-state index in [0.717, 1.165) is 23.5 Å². The SMILES string of the molecule is Cc1ccc(C(=O)N[C@H]2C[C@H]3CC[C@H]2C3)cc1S(=O)(=O)Nc1cccc(C)c1C. The van der Waals surface area contributed by atoms with Crippen LogP contribution in [0.15, 0.2) is 41.3 Å². The lowest BCUT2D eigenvalue weighted by Gasteiger charge is -2.23. The second-order valence-electron chi connectivity index (χ2n) is 8.59. The monoisotopic (exact) mass is 412 g/mol. The summed E-state index contributed by atoms with van der Waals surface area (Å²) in [4.78, 5) is 12.9. The van der Waals surface area contributed by atoms with Crippen molar-refractivity contribution in [1.82, 2.24) is 5.32 Å². The molecular formula is C23H28N2O3S. The van der Waals surface area contributed by atoms with Gasteiger partial charge >= 0.3 is 0 Å². The minimum absolute atomic E-state index is 0.138. The molecule has 2 aromatic carbocycles. The highest BCUT2D eigenvalue weighted by atomic mass is 32.2. The van der Waals surface area contributed by atoms with Gasteiger partial charge < -0.3 is 5.32 Å². The Morgan fingerprint density at radius 2 is 1.79 bits per heavy atom. The number of aryl methyl sites for hydroxylation is 2. The van der Waals surface area contributed by atoms with Gasteiger partial charge in [-0.3, -0.25) is 9.52 Å². The fraction of sp³-hybridized carbons (Fsp3) is 0.435. The molecule has 2 aromatic rings. The summed E-state index contributed by atoms with van der Waals surface area (Å²) < 4.78 is 28.8. The summed E-state index contributed by atoms with van der Waals surface area (Å²) in [7, 11) is -3.80. The van der Waals surface area contributed by atoms with Gasteiger partial charge in [-0.2, -0.15) is 0 Å². The number of nitrogens with one attached hydrogen (secondary N) is 2. The van der Waals surface area contributed by atoms with Crippen molar-refractivity contribution in [3.8, 4) is 0 Å². The zero-order chi connectivity index (χ0) is 20.8. The number of benzene rings is 2. The molecule has 3 atom stereocenters. The maximum absolute atomic E-state index is 13.1. The van der Waals surface area contributed by atoms with Crippen molar-refractivity contribution in [1.29, 1.82) is 0 Å². The molecule has 6 heteroatoms. The predicted molar refractivity (Wildman–Crippen MR) is 115 cm³/mol. The summed E-state index contributed by atoms with van der Waals surface area (Å²) in [6.07, 6.45) is 4.71. The molecule has 29 heavy (non-hydrogen) atoms. The van der Waals surface area contributed by atoms with Crippen LogP contribution in [-0.4, -0.2) is 20.4 Å². The van der Waals surface area contributed by atoms with Crippen LogP contribution < -0.4 is 10.0 Å². The molecule has 2 saturated carbocycles. The molecule has 2 bridgehead atoms. The Kier molecular flexibility index (Phi) is 5.15. The van der Waals surface area contributed by atoms with Crippen LogP contribution in [0.5, 0.6) is 0 Å². The first-order chi connectivity index (χ1) is 13.7. The third-order valence-corrected chi connectivity index (χ3v) is 8.15. The van der Waals surface area contributed by atoms with Crippen molar-refractivity contribution < 1.29 is 13.2 Å². The number of carbonyl (C=O) groups is 1. The molecule has 0 aromatic heterocycles. The second-order valence-corrected chi connectivity index (χ2v) is 10.2. The number of hydrogen-bond acceptors (Lipinski definition) is 3. The van der Waals surface area contributed by atoms with Gasteiger partial charge in [0, 0.05) is 11.6 Å². The van der Waals surface area contributed by atoms with E-state index in [-0.39, 0.29) is 16.8 Å². The van der Waals surface area contributed by atoms with Gasteiger partial charge in [-0.05, 0) is 86.8 Å². The van der Waals surface area contributed by atoms with E-state index >= 15 is 0 Å². The molecule has 2 aliphatic rings. The molecule has 154 valence electrons. The highest BCUT2D eigenvalue weighted by Gasteiger charge is 2.40. The first-order valence-electron chi connectivity index (χ1n) is 10.2. The van der Waals surface area contributed by atoms with Crippen molar-refractivity contribution >= 4 is 21.6 Å². The topological polar surface area (TPSA) is 75.3 Å². The summed E-state index contributed by atoms with van der Waals surface area (Å²) in [5, 5.41) is 3.14. The average molecular weight is 413 g/mol. The lowest BCUT2D eigenvalue weighted by Crippen LogP contribution is -2.38. The molecule has 5 nitrogen and oxygen atoms in total. The number of amides is 1. The number of rotatable bonds is 5. The van der Waals surface area contributed by atoms with E-state index in [2.05, 4.69) is 10.0 Å². The lowest BCUT2D eigenvalue weighted by molar-refractivity contribution is 0.0922. The molecule has 0 radical (unpaired) electrons. The number of sulfonamides is 1. The van der Waals surface area contributed by atoms with Crippen LogP contribution >= 0.6 is 0 Å². The largest absolute Gasteiger partial charge is 0.349 e. The number of carbonyl (C=O) groups excluding carboxylic acids is 1. The lowest BCUT2D eigenvalue weighted by atomic mass is 9.95. The predicted octanol–water partition coefficient (Wildman–Crippen LogP) is 4.33. The van der Waals surface area contributed by atoms with Gasteiger partial charge in [0.2, 0.25) is 0 Å². The quantitative estimate of drug-likeness (QED) is 0.767. The Balaban J connectivity index is 1.57. The summed E-state index contributed by atoms with van der Waals surface area (Å²) >= 11 is 0. The fourth-order valence-electron chi connectivity index (χ4n) is 4.77. The summed E-state index contributed by atoms with van der Waals surface area (Å²) in [6, 6.07) is 10.6. The second kappa shape index (κ2) is 7.48. The summed E-state index contributed by atoms with van der Waals surface area (Å²) in [6.45, 7) is 5.58. The Morgan fingerprint density at radius 3 is 2.48 bits per heavy atom. The highest BCUT2D eigenvalue weighted by Crippen LogP contribution is 2.44. The average Bonchev–Trinajstić information content (AvgIpc) is 3.28. The van der Waals surface area contributed by atoms with Gasteiger partial charge in [0.25, 0.3) is 15.9 Å². The number of fused-ring (bicyclic) bond motifs is 2. The van der Waals surface area contributed by atoms with Crippen LogP contribution in [0.3, 0.4) is 0 Å². The van der Waals surface area contributed by atoms with Gasteiger partial charge in [0.1, 0.15) is 0 Å². The summed E-state index contributed by atoms with van der Waals surface area (Å²) in [5.41, 5.74) is 3.46. The Hall–Kier alpha value is -2.34. The third kappa shape index (κ3) is 3.90. The van der Waals surface area contributed by atoms with E-state index in [1.165, 1.54) is 25.3 Å². The maximum Gasteiger partial charge on any atom is 0.262 e. The molecule has 0 unspecified atom stereocenters. The Labute approximate surface area is 173 Å². The molecule has 0 saturated heterocycles.